The molecule has 5 nitrogen and oxygen atoms in total. The Morgan fingerprint density at radius 2 is 1.78 bits per heavy atom. The van der Waals surface area contributed by atoms with Crippen LogP contribution >= 0.6 is 11.3 Å². The van der Waals surface area contributed by atoms with Crippen LogP contribution in [0.25, 0.3) is 21.2 Å². The summed E-state index contributed by atoms with van der Waals surface area (Å²) in [7, 11) is 0. The highest BCUT2D eigenvalue weighted by atomic mass is 32.1. The number of rotatable bonds is 9. The summed E-state index contributed by atoms with van der Waals surface area (Å²) in [4.78, 5) is 2.46. The lowest BCUT2D eigenvalue weighted by molar-refractivity contribution is 0.229. The summed E-state index contributed by atoms with van der Waals surface area (Å²) >= 11 is 1.72. The van der Waals surface area contributed by atoms with Crippen molar-refractivity contribution in [3.8, 4) is 28.4 Å². The molecule has 1 aromatic heterocycles. The smallest absolute Gasteiger partial charge is 0.147 e. The second kappa shape index (κ2) is 10.8. The summed E-state index contributed by atoms with van der Waals surface area (Å²) in [6.45, 7) is 10.0. The SMILES string of the molecule is Cc1c(OCCN2CCCC2)cc(OC(C)C)c(Nc2csc3ccccc23)c1-c1ccc(O)cc1. The number of phenols is 1. The molecule has 0 atom stereocenters. The third-order valence-corrected chi connectivity index (χ3v) is 7.59. The zero-order valence-electron chi connectivity index (χ0n) is 21.2. The number of hydrogen-bond acceptors (Lipinski definition) is 6. The van der Waals surface area contributed by atoms with Crippen molar-refractivity contribution in [3.05, 3.63) is 65.5 Å². The van der Waals surface area contributed by atoms with Crippen molar-refractivity contribution in [1.82, 2.24) is 4.90 Å². The molecule has 1 aliphatic rings. The zero-order valence-corrected chi connectivity index (χ0v) is 22.0. The summed E-state index contributed by atoms with van der Waals surface area (Å²) in [6.07, 6.45) is 2.54. The van der Waals surface area contributed by atoms with Crippen LogP contribution in [0.1, 0.15) is 32.3 Å². The van der Waals surface area contributed by atoms with Gasteiger partial charge in [-0.05, 0) is 70.5 Å². The van der Waals surface area contributed by atoms with Crippen LogP contribution in [0.4, 0.5) is 11.4 Å². The fourth-order valence-corrected chi connectivity index (χ4v) is 5.74. The molecule has 36 heavy (non-hydrogen) atoms. The average molecular weight is 503 g/mol. The molecule has 2 heterocycles. The van der Waals surface area contributed by atoms with E-state index in [0.717, 1.165) is 59.2 Å². The van der Waals surface area contributed by atoms with Crippen molar-refractivity contribution < 1.29 is 14.6 Å². The Bertz CT molecular complexity index is 1320. The first-order valence-corrected chi connectivity index (χ1v) is 13.6. The topological polar surface area (TPSA) is 54.0 Å². The second-order valence-electron chi connectivity index (χ2n) is 9.63. The van der Waals surface area contributed by atoms with E-state index >= 15 is 0 Å². The molecule has 0 unspecified atom stereocenters. The van der Waals surface area contributed by atoms with Crippen LogP contribution in [0.3, 0.4) is 0 Å². The number of phenolic OH excluding ortho intramolecular Hbond substituents is 1. The van der Waals surface area contributed by atoms with Gasteiger partial charge in [-0.3, -0.25) is 4.90 Å². The van der Waals surface area contributed by atoms with Gasteiger partial charge in [-0.2, -0.15) is 0 Å². The molecule has 188 valence electrons. The summed E-state index contributed by atoms with van der Waals surface area (Å²) in [5, 5.41) is 17.0. The molecule has 5 rings (SSSR count). The molecule has 6 heteroatoms. The van der Waals surface area contributed by atoms with Gasteiger partial charge in [0.25, 0.3) is 0 Å². The highest BCUT2D eigenvalue weighted by Gasteiger charge is 2.22. The summed E-state index contributed by atoms with van der Waals surface area (Å²) in [6, 6.07) is 17.8. The van der Waals surface area contributed by atoms with Crippen molar-refractivity contribution in [2.24, 2.45) is 0 Å². The van der Waals surface area contributed by atoms with Crippen LogP contribution < -0.4 is 14.8 Å². The third kappa shape index (κ3) is 5.30. The van der Waals surface area contributed by atoms with Crippen LogP contribution in [0, 0.1) is 6.92 Å². The Morgan fingerprint density at radius 3 is 2.53 bits per heavy atom. The van der Waals surface area contributed by atoms with Crippen LogP contribution in [0.15, 0.2) is 60.0 Å². The Morgan fingerprint density at radius 1 is 1.03 bits per heavy atom. The number of nitrogens with zero attached hydrogens (tertiary/aromatic N) is 1. The lowest BCUT2D eigenvalue weighted by atomic mass is 9.96. The predicted molar refractivity (Wildman–Crippen MR) is 150 cm³/mol. The van der Waals surface area contributed by atoms with E-state index in [2.05, 4.69) is 46.8 Å². The van der Waals surface area contributed by atoms with E-state index in [-0.39, 0.29) is 11.9 Å². The lowest BCUT2D eigenvalue weighted by Crippen LogP contribution is -2.25. The molecule has 0 radical (unpaired) electrons. The molecule has 0 amide bonds. The van der Waals surface area contributed by atoms with Gasteiger partial charge in [-0.25, -0.2) is 0 Å². The molecular formula is C30H34N2O3S. The lowest BCUT2D eigenvalue weighted by Gasteiger charge is -2.24. The first-order valence-electron chi connectivity index (χ1n) is 12.7. The van der Waals surface area contributed by atoms with Crippen LogP contribution in [-0.2, 0) is 0 Å². The Balaban J connectivity index is 1.59. The quantitative estimate of drug-likeness (QED) is 0.247. The number of benzene rings is 3. The van der Waals surface area contributed by atoms with Crippen molar-refractivity contribution in [2.75, 3.05) is 31.6 Å². The molecule has 4 aromatic rings. The molecule has 2 N–H and O–H groups in total. The first kappa shape index (κ1) is 24.5. The molecule has 1 aliphatic heterocycles. The van der Waals surface area contributed by atoms with E-state index in [0.29, 0.717) is 6.61 Å². The molecule has 3 aromatic carbocycles. The number of hydrogen-bond donors (Lipinski definition) is 2. The van der Waals surface area contributed by atoms with Crippen molar-refractivity contribution in [3.63, 3.8) is 0 Å². The number of nitrogens with one attached hydrogen (secondary N) is 1. The van der Waals surface area contributed by atoms with Crippen molar-refractivity contribution >= 4 is 32.8 Å². The van der Waals surface area contributed by atoms with E-state index < -0.39 is 0 Å². The number of thiophene rings is 1. The predicted octanol–water partition coefficient (Wildman–Crippen LogP) is 7.59. The molecule has 0 saturated carbocycles. The summed E-state index contributed by atoms with van der Waals surface area (Å²) in [5.41, 5.74) is 5.00. The van der Waals surface area contributed by atoms with Gasteiger partial charge in [0.15, 0.2) is 0 Å². The van der Waals surface area contributed by atoms with E-state index in [4.69, 9.17) is 9.47 Å². The maximum Gasteiger partial charge on any atom is 0.147 e. The van der Waals surface area contributed by atoms with Crippen molar-refractivity contribution in [1.29, 1.82) is 0 Å². The number of likely N-dealkylation sites (tertiary alicyclic amines) is 1. The fraction of sp³-hybridized carbons (Fsp3) is 0.333. The van der Waals surface area contributed by atoms with Gasteiger partial charge in [0.05, 0.1) is 17.5 Å². The van der Waals surface area contributed by atoms with Gasteiger partial charge in [0, 0.05) is 39.2 Å². The normalized spacial score (nSPS) is 14.0. The highest BCUT2D eigenvalue weighted by molar-refractivity contribution is 7.17. The highest BCUT2D eigenvalue weighted by Crippen LogP contribution is 2.46. The monoisotopic (exact) mass is 502 g/mol. The standard InChI is InChI=1S/C30H34N2O3S/c1-20(2)35-27-18-26(34-17-16-32-14-6-7-15-32)21(3)29(22-10-12-23(33)13-11-22)30(27)31-25-19-36-28-9-5-4-8-24(25)28/h4-5,8-13,18-20,31,33H,6-7,14-17H2,1-3H3. The third-order valence-electron chi connectivity index (χ3n) is 6.63. The minimum absolute atomic E-state index is 0.00223. The fourth-order valence-electron chi connectivity index (χ4n) is 4.84. The Labute approximate surface area is 217 Å². The largest absolute Gasteiger partial charge is 0.508 e. The minimum Gasteiger partial charge on any atom is -0.508 e. The van der Waals surface area contributed by atoms with Crippen molar-refractivity contribution in [2.45, 2.75) is 39.7 Å². The van der Waals surface area contributed by atoms with Gasteiger partial charge in [-0.1, -0.05) is 30.3 Å². The van der Waals surface area contributed by atoms with E-state index in [1.807, 2.05) is 32.0 Å². The van der Waals surface area contributed by atoms with E-state index in [9.17, 15) is 5.11 Å². The number of aromatic hydroxyl groups is 1. The Kier molecular flexibility index (Phi) is 7.35. The van der Waals surface area contributed by atoms with Crippen LogP contribution in [-0.4, -0.2) is 42.4 Å². The van der Waals surface area contributed by atoms with Gasteiger partial charge < -0.3 is 19.9 Å². The molecule has 0 bridgehead atoms. The van der Waals surface area contributed by atoms with Gasteiger partial charge in [0.1, 0.15) is 23.9 Å². The molecular weight excluding hydrogens is 468 g/mol. The number of anilines is 2. The average Bonchev–Trinajstić information content (AvgIpc) is 3.53. The van der Waals surface area contributed by atoms with E-state index in [1.165, 1.54) is 22.9 Å². The maximum atomic E-state index is 9.95. The van der Waals surface area contributed by atoms with Crippen LogP contribution in [0.5, 0.6) is 17.2 Å². The van der Waals surface area contributed by atoms with Crippen LogP contribution in [0.2, 0.25) is 0 Å². The molecule has 1 fully saturated rings. The number of ether oxygens (including phenoxy) is 2. The van der Waals surface area contributed by atoms with Gasteiger partial charge in [-0.15, -0.1) is 11.3 Å². The molecule has 0 spiro atoms. The maximum absolute atomic E-state index is 9.95. The zero-order chi connectivity index (χ0) is 25.1. The minimum atomic E-state index is -0.00223. The molecule has 1 saturated heterocycles. The summed E-state index contributed by atoms with van der Waals surface area (Å²) in [5.74, 6) is 1.82. The van der Waals surface area contributed by atoms with Gasteiger partial charge >= 0.3 is 0 Å². The molecule has 0 aliphatic carbocycles. The van der Waals surface area contributed by atoms with Gasteiger partial charge in [0.2, 0.25) is 0 Å². The summed E-state index contributed by atoms with van der Waals surface area (Å²) < 4.78 is 14.0. The first-order chi connectivity index (χ1) is 17.5. The van der Waals surface area contributed by atoms with E-state index in [1.54, 1.807) is 23.5 Å². The number of fused-ring (bicyclic) bond motifs is 1. The second-order valence-corrected chi connectivity index (χ2v) is 10.5. The Hall–Kier alpha value is -3.22.